The number of hydrogen-bond donors (Lipinski definition) is 1. The molecule has 2 aromatic heterocycles. The van der Waals surface area contributed by atoms with Crippen molar-refractivity contribution in [2.45, 2.75) is 20.4 Å². The second kappa shape index (κ2) is 4.29. The third-order valence-corrected chi connectivity index (χ3v) is 3.22. The molecule has 0 fully saturated rings. The quantitative estimate of drug-likeness (QED) is 0.817. The molecular formula is C11H14N4OS. The number of nitrogens with zero attached hydrogens (tertiary/aromatic N) is 3. The van der Waals surface area contributed by atoms with E-state index in [1.807, 2.05) is 30.1 Å². The van der Waals surface area contributed by atoms with E-state index in [1.165, 1.54) is 6.07 Å². The highest BCUT2D eigenvalue weighted by molar-refractivity contribution is 7.71. The third kappa shape index (κ3) is 2.21. The van der Waals surface area contributed by atoms with E-state index in [1.54, 1.807) is 6.20 Å². The van der Waals surface area contributed by atoms with Gasteiger partial charge in [0.1, 0.15) is 0 Å². The lowest BCUT2D eigenvalue weighted by Gasteiger charge is -2.06. The van der Waals surface area contributed by atoms with Gasteiger partial charge in [0, 0.05) is 30.6 Å². The molecular weight excluding hydrogens is 236 g/mol. The Morgan fingerprint density at radius 3 is 2.71 bits per heavy atom. The summed E-state index contributed by atoms with van der Waals surface area (Å²) in [6.45, 7) is 4.61. The van der Waals surface area contributed by atoms with Crippen molar-refractivity contribution < 1.29 is 0 Å². The van der Waals surface area contributed by atoms with Crippen LogP contribution in [0.3, 0.4) is 0 Å². The standard InChI is InChI=1S/C11H14N4OS/c1-7-9(8(2)14(3)13-7)6-15-5-4-10(16)12-11(15)17/h4-5H,6H2,1-3H3,(H,12,16,17). The van der Waals surface area contributed by atoms with Crippen LogP contribution in [0.4, 0.5) is 0 Å². The molecule has 0 saturated heterocycles. The predicted molar refractivity (Wildman–Crippen MR) is 67.7 cm³/mol. The van der Waals surface area contributed by atoms with Gasteiger partial charge in [0.05, 0.1) is 12.2 Å². The molecule has 6 heteroatoms. The second-order valence-corrected chi connectivity index (χ2v) is 4.40. The normalized spacial score (nSPS) is 10.8. The molecule has 0 aromatic carbocycles. The molecule has 2 aromatic rings. The largest absolute Gasteiger partial charge is 0.321 e. The maximum absolute atomic E-state index is 11.1. The van der Waals surface area contributed by atoms with Crippen molar-refractivity contribution >= 4 is 12.2 Å². The van der Waals surface area contributed by atoms with Gasteiger partial charge in [-0.2, -0.15) is 5.10 Å². The number of rotatable bonds is 2. The summed E-state index contributed by atoms with van der Waals surface area (Å²) in [5.41, 5.74) is 3.05. The third-order valence-electron chi connectivity index (χ3n) is 2.88. The van der Waals surface area contributed by atoms with Crippen molar-refractivity contribution in [2.75, 3.05) is 0 Å². The highest BCUT2D eigenvalue weighted by Crippen LogP contribution is 2.13. The van der Waals surface area contributed by atoms with Gasteiger partial charge in [-0.1, -0.05) is 0 Å². The lowest BCUT2D eigenvalue weighted by Crippen LogP contribution is -2.12. The molecule has 0 spiro atoms. The minimum Gasteiger partial charge on any atom is -0.321 e. The van der Waals surface area contributed by atoms with Gasteiger partial charge in [-0.15, -0.1) is 0 Å². The average Bonchev–Trinajstić information content (AvgIpc) is 2.48. The average molecular weight is 250 g/mol. The van der Waals surface area contributed by atoms with Gasteiger partial charge in [-0.3, -0.25) is 14.5 Å². The first-order valence-corrected chi connectivity index (χ1v) is 5.68. The van der Waals surface area contributed by atoms with Gasteiger partial charge >= 0.3 is 0 Å². The highest BCUT2D eigenvalue weighted by atomic mass is 32.1. The maximum atomic E-state index is 11.1. The summed E-state index contributed by atoms with van der Waals surface area (Å²) in [6.07, 6.45) is 1.70. The summed E-state index contributed by atoms with van der Waals surface area (Å²) in [5.74, 6) is 0. The van der Waals surface area contributed by atoms with Crippen LogP contribution in [0.2, 0.25) is 0 Å². The van der Waals surface area contributed by atoms with Crippen molar-refractivity contribution in [1.82, 2.24) is 19.3 Å². The smallest absolute Gasteiger partial charge is 0.251 e. The molecule has 17 heavy (non-hydrogen) atoms. The summed E-state index contributed by atoms with van der Waals surface area (Å²) in [7, 11) is 1.91. The van der Waals surface area contributed by atoms with Crippen LogP contribution in [0.5, 0.6) is 0 Å². The summed E-state index contributed by atoms with van der Waals surface area (Å²) in [4.78, 5) is 13.7. The van der Waals surface area contributed by atoms with Crippen LogP contribution < -0.4 is 5.56 Å². The van der Waals surface area contributed by atoms with Crippen LogP contribution in [-0.2, 0) is 13.6 Å². The summed E-state index contributed by atoms with van der Waals surface area (Å²) in [5, 5.41) is 4.35. The van der Waals surface area contributed by atoms with Crippen molar-refractivity contribution in [3.8, 4) is 0 Å². The number of aromatic amines is 1. The van der Waals surface area contributed by atoms with Crippen molar-refractivity contribution in [1.29, 1.82) is 0 Å². The molecule has 0 aliphatic carbocycles. The molecule has 0 aliphatic rings. The Bertz CT molecular complexity index is 665. The Balaban J connectivity index is 2.45. The monoisotopic (exact) mass is 250 g/mol. The fraction of sp³-hybridized carbons (Fsp3) is 0.364. The molecule has 2 rings (SSSR count). The van der Waals surface area contributed by atoms with Crippen LogP contribution >= 0.6 is 12.2 Å². The van der Waals surface area contributed by atoms with Gasteiger partial charge in [0.25, 0.3) is 5.56 Å². The van der Waals surface area contributed by atoms with E-state index in [0.29, 0.717) is 11.3 Å². The van der Waals surface area contributed by atoms with Gasteiger partial charge in [-0.05, 0) is 26.1 Å². The van der Waals surface area contributed by atoms with Gasteiger partial charge in [0.2, 0.25) is 0 Å². The zero-order chi connectivity index (χ0) is 12.6. The summed E-state index contributed by atoms with van der Waals surface area (Å²) < 4.78 is 4.11. The molecule has 0 radical (unpaired) electrons. The molecule has 1 N–H and O–H groups in total. The van der Waals surface area contributed by atoms with E-state index in [2.05, 4.69) is 10.1 Å². The first kappa shape index (κ1) is 11.8. The SMILES string of the molecule is Cc1nn(C)c(C)c1Cn1ccc(=O)[nH]c1=S. The number of aromatic nitrogens is 4. The number of aryl methyl sites for hydroxylation is 2. The fourth-order valence-electron chi connectivity index (χ4n) is 1.79. The molecule has 90 valence electrons. The Morgan fingerprint density at radius 1 is 1.47 bits per heavy atom. The van der Waals surface area contributed by atoms with Crippen molar-refractivity contribution in [3.05, 3.63) is 44.3 Å². The van der Waals surface area contributed by atoms with Crippen LogP contribution in [-0.4, -0.2) is 19.3 Å². The Kier molecular flexibility index (Phi) is 2.97. The molecule has 0 amide bonds. The van der Waals surface area contributed by atoms with E-state index in [0.717, 1.165) is 17.0 Å². The Labute approximate surface area is 104 Å². The van der Waals surface area contributed by atoms with Crippen LogP contribution in [0.1, 0.15) is 17.0 Å². The Morgan fingerprint density at radius 2 is 2.18 bits per heavy atom. The first-order chi connectivity index (χ1) is 7.99. The minimum absolute atomic E-state index is 0.175. The zero-order valence-electron chi connectivity index (χ0n) is 10.0. The van der Waals surface area contributed by atoms with E-state index in [-0.39, 0.29) is 5.56 Å². The lowest BCUT2D eigenvalue weighted by atomic mass is 10.2. The van der Waals surface area contributed by atoms with E-state index >= 15 is 0 Å². The zero-order valence-corrected chi connectivity index (χ0v) is 10.8. The Hall–Kier alpha value is -1.69. The van der Waals surface area contributed by atoms with Gasteiger partial charge < -0.3 is 4.57 Å². The molecule has 0 atom stereocenters. The van der Waals surface area contributed by atoms with Crippen molar-refractivity contribution in [3.63, 3.8) is 0 Å². The van der Waals surface area contributed by atoms with E-state index in [9.17, 15) is 4.79 Å². The van der Waals surface area contributed by atoms with Crippen LogP contribution in [0.25, 0.3) is 0 Å². The molecule has 0 saturated carbocycles. The number of nitrogens with one attached hydrogen (secondary N) is 1. The van der Waals surface area contributed by atoms with Gasteiger partial charge in [0.15, 0.2) is 4.77 Å². The fourth-order valence-corrected chi connectivity index (χ4v) is 2.01. The lowest BCUT2D eigenvalue weighted by molar-refractivity contribution is 0.719. The maximum Gasteiger partial charge on any atom is 0.251 e. The number of hydrogen-bond acceptors (Lipinski definition) is 3. The van der Waals surface area contributed by atoms with E-state index in [4.69, 9.17) is 12.2 Å². The highest BCUT2D eigenvalue weighted by Gasteiger charge is 2.09. The first-order valence-electron chi connectivity index (χ1n) is 5.28. The summed E-state index contributed by atoms with van der Waals surface area (Å²) in [6, 6.07) is 1.47. The summed E-state index contributed by atoms with van der Waals surface area (Å²) >= 11 is 5.11. The van der Waals surface area contributed by atoms with Crippen LogP contribution in [0, 0.1) is 18.6 Å². The van der Waals surface area contributed by atoms with Gasteiger partial charge in [-0.25, -0.2) is 0 Å². The van der Waals surface area contributed by atoms with E-state index < -0.39 is 0 Å². The molecule has 0 unspecified atom stereocenters. The second-order valence-electron chi connectivity index (χ2n) is 4.01. The topological polar surface area (TPSA) is 55.6 Å². The minimum atomic E-state index is -0.175. The molecule has 5 nitrogen and oxygen atoms in total. The van der Waals surface area contributed by atoms with Crippen LogP contribution in [0.15, 0.2) is 17.1 Å². The van der Waals surface area contributed by atoms with Crippen molar-refractivity contribution in [2.24, 2.45) is 7.05 Å². The molecule has 2 heterocycles. The molecule has 0 aliphatic heterocycles. The predicted octanol–water partition coefficient (Wildman–Crippen LogP) is 1.30. The molecule has 0 bridgehead atoms. The number of H-pyrrole nitrogens is 1.